The van der Waals surface area contributed by atoms with Crippen molar-refractivity contribution >= 4 is 0 Å². The van der Waals surface area contributed by atoms with Gasteiger partial charge in [0.2, 0.25) is 0 Å². The molecule has 2 rings (SSSR count). The van der Waals surface area contributed by atoms with Crippen molar-refractivity contribution < 1.29 is 0 Å². The zero-order chi connectivity index (χ0) is 7.68. The van der Waals surface area contributed by atoms with Crippen LogP contribution < -0.4 is 0 Å². The highest BCUT2D eigenvalue weighted by Gasteiger charge is 2.34. The van der Waals surface area contributed by atoms with Crippen LogP contribution in [-0.2, 0) is 0 Å². The molecule has 0 aromatic rings. The van der Waals surface area contributed by atoms with Crippen molar-refractivity contribution in [1.29, 1.82) is 0 Å². The van der Waals surface area contributed by atoms with Crippen LogP contribution in [0, 0.1) is 11.8 Å². The minimum absolute atomic E-state index is 0.895. The lowest BCUT2D eigenvalue weighted by Gasteiger charge is -2.40. The molecule has 0 spiro atoms. The highest BCUT2D eigenvalue weighted by atomic mass is 14.4. The first-order chi connectivity index (χ1) is 5.42. The van der Waals surface area contributed by atoms with Gasteiger partial charge in [-0.05, 0) is 44.4 Å². The van der Waals surface area contributed by atoms with E-state index in [-0.39, 0.29) is 0 Å². The third kappa shape index (κ3) is 1.15. The fourth-order valence-corrected chi connectivity index (χ4v) is 2.39. The molecule has 0 saturated heterocycles. The fourth-order valence-electron chi connectivity index (χ4n) is 2.39. The van der Waals surface area contributed by atoms with Crippen molar-refractivity contribution in [2.75, 3.05) is 0 Å². The van der Waals surface area contributed by atoms with Crippen molar-refractivity contribution in [3.8, 4) is 0 Å². The molecule has 0 aliphatic heterocycles. The largest absolute Gasteiger partial charge is 0.0914 e. The van der Waals surface area contributed by atoms with Crippen molar-refractivity contribution in [2.24, 2.45) is 11.8 Å². The maximum Gasteiger partial charge on any atom is -0.0131 e. The van der Waals surface area contributed by atoms with Crippen LogP contribution in [0.25, 0.3) is 0 Å². The highest BCUT2D eigenvalue weighted by molar-refractivity contribution is 5.24. The van der Waals surface area contributed by atoms with E-state index >= 15 is 0 Å². The Morgan fingerprint density at radius 1 is 1.55 bits per heavy atom. The van der Waals surface area contributed by atoms with Crippen LogP contribution in [0.15, 0.2) is 23.8 Å². The molecule has 1 fully saturated rings. The highest BCUT2D eigenvalue weighted by Crippen LogP contribution is 2.46. The molecule has 0 nitrogen and oxygen atoms in total. The van der Waals surface area contributed by atoms with Gasteiger partial charge in [0, 0.05) is 0 Å². The zero-order valence-corrected chi connectivity index (χ0v) is 7.22. The van der Waals surface area contributed by atoms with E-state index in [1.54, 1.807) is 5.57 Å². The SMILES string of the molecule is C/C=C/C1CC2=CCCCC21. The first kappa shape index (κ1) is 7.15. The Kier molecular flexibility index (Phi) is 1.85. The van der Waals surface area contributed by atoms with Gasteiger partial charge in [-0.25, -0.2) is 0 Å². The molecule has 60 valence electrons. The maximum atomic E-state index is 2.47. The van der Waals surface area contributed by atoms with Crippen LogP contribution >= 0.6 is 0 Å². The minimum Gasteiger partial charge on any atom is -0.0914 e. The molecule has 0 aromatic heterocycles. The predicted molar refractivity (Wildman–Crippen MR) is 48.3 cm³/mol. The van der Waals surface area contributed by atoms with Crippen molar-refractivity contribution in [3.63, 3.8) is 0 Å². The summed E-state index contributed by atoms with van der Waals surface area (Å²) < 4.78 is 0. The van der Waals surface area contributed by atoms with Gasteiger partial charge in [0.1, 0.15) is 0 Å². The number of allylic oxidation sites excluding steroid dienone is 4. The molecule has 2 atom stereocenters. The van der Waals surface area contributed by atoms with Gasteiger partial charge < -0.3 is 0 Å². The molecule has 2 aliphatic carbocycles. The van der Waals surface area contributed by atoms with Gasteiger partial charge in [0.15, 0.2) is 0 Å². The average Bonchev–Trinajstić information content (AvgIpc) is 2.01. The molecule has 2 aliphatic rings. The summed E-state index contributed by atoms with van der Waals surface area (Å²) in [6, 6.07) is 0. The van der Waals surface area contributed by atoms with Crippen molar-refractivity contribution in [1.82, 2.24) is 0 Å². The van der Waals surface area contributed by atoms with Gasteiger partial charge in [0.05, 0.1) is 0 Å². The fraction of sp³-hybridized carbons (Fsp3) is 0.636. The lowest BCUT2D eigenvalue weighted by molar-refractivity contribution is 0.296. The molecular formula is C11H16. The summed E-state index contributed by atoms with van der Waals surface area (Å²) in [6.07, 6.45) is 12.6. The van der Waals surface area contributed by atoms with Crippen LogP contribution in [0.1, 0.15) is 32.6 Å². The van der Waals surface area contributed by atoms with E-state index in [1.165, 1.54) is 25.7 Å². The van der Waals surface area contributed by atoms with Crippen LogP contribution in [0.3, 0.4) is 0 Å². The van der Waals surface area contributed by atoms with E-state index in [0.717, 1.165) is 11.8 Å². The lowest BCUT2D eigenvalue weighted by atomic mass is 9.64. The average molecular weight is 148 g/mol. The number of hydrogen-bond donors (Lipinski definition) is 0. The van der Waals surface area contributed by atoms with E-state index in [0.29, 0.717) is 0 Å². The normalized spacial score (nSPS) is 36.3. The van der Waals surface area contributed by atoms with Gasteiger partial charge >= 0.3 is 0 Å². The third-order valence-electron chi connectivity index (χ3n) is 3.03. The van der Waals surface area contributed by atoms with Gasteiger partial charge in [-0.3, -0.25) is 0 Å². The van der Waals surface area contributed by atoms with Crippen LogP contribution in [0.5, 0.6) is 0 Å². The van der Waals surface area contributed by atoms with Gasteiger partial charge in [0.25, 0.3) is 0 Å². The smallest absolute Gasteiger partial charge is 0.0131 e. The Morgan fingerprint density at radius 2 is 2.45 bits per heavy atom. The minimum atomic E-state index is 0.895. The lowest BCUT2D eigenvalue weighted by Crippen LogP contribution is -2.29. The molecule has 0 radical (unpaired) electrons. The third-order valence-corrected chi connectivity index (χ3v) is 3.03. The number of hydrogen-bond acceptors (Lipinski definition) is 0. The van der Waals surface area contributed by atoms with Gasteiger partial charge in [-0.1, -0.05) is 23.8 Å². The standard InChI is InChI=1S/C11H16/c1-2-5-9-8-10-6-3-4-7-11(9)10/h2,5-6,9,11H,3-4,7-8H2,1H3/b5-2+. The Hall–Kier alpha value is -0.520. The first-order valence-corrected chi connectivity index (χ1v) is 4.73. The summed E-state index contributed by atoms with van der Waals surface area (Å²) in [7, 11) is 0. The van der Waals surface area contributed by atoms with E-state index in [4.69, 9.17) is 0 Å². The second kappa shape index (κ2) is 2.84. The number of fused-ring (bicyclic) bond motifs is 1. The molecule has 11 heavy (non-hydrogen) atoms. The monoisotopic (exact) mass is 148 g/mol. The second-order valence-corrected chi connectivity index (χ2v) is 3.71. The Morgan fingerprint density at radius 3 is 3.18 bits per heavy atom. The summed E-state index contributed by atoms with van der Waals surface area (Å²) >= 11 is 0. The number of rotatable bonds is 1. The van der Waals surface area contributed by atoms with E-state index in [2.05, 4.69) is 25.2 Å². The molecule has 0 aromatic carbocycles. The summed E-state index contributed by atoms with van der Waals surface area (Å²) in [5.74, 6) is 1.84. The zero-order valence-electron chi connectivity index (χ0n) is 7.22. The quantitative estimate of drug-likeness (QED) is 0.500. The summed E-state index contributed by atoms with van der Waals surface area (Å²) in [6.45, 7) is 2.13. The molecule has 2 unspecified atom stereocenters. The summed E-state index contributed by atoms with van der Waals surface area (Å²) in [4.78, 5) is 0. The van der Waals surface area contributed by atoms with Crippen LogP contribution in [-0.4, -0.2) is 0 Å². The predicted octanol–water partition coefficient (Wildman–Crippen LogP) is 3.31. The second-order valence-electron chi connectivity index (χ2n) is 3.71. The van der Waals surface area contributed by atoms with E-state index in [9.17, 15) is 0 Å². The molecular weight excluding hydrogens is 132 g/mol. The molecule has 0 N–H and O–H groups in total. The maximum absolute atomic E-state index is 2.47. The topological polar surface area (TPSA) is 0 Å². The Balaban J connectivity index is 2.02. The van der Waals surface area contributed by atoms with E-state index < -0.39 is 0 Å². The van der Waals surface area contributed by atoms with Crippen LogP contribution in [0.2, 0.25) is 0 Å². The molecule has 0 amide bonds. The molecule has 1 saturated carbocycles. The van der Waals surface area contributed by atoms with E-state index in [1.807, 2.05) is 0 Å². The molecule has 0 bridgehead atoms. The van der Waals surface area contributed by atoms with Gasteiger partial charge in [-0.2, -0.15) is 0 Å². The molecule has 0 heteroatoms. The van der Waals surface area contributed by atoms with Crippen molar-refractivity contribution in [3.05, 3.63) is 23.8 Å². The van der Waals surface area contributed by atoms with Gasteiger partial charge in [-0.15, -0.1) is 0 Å². The van der Waals surface area contributed by atoms with Crippen LogP contribution in [0.4, 0.5) is 0 Å². The summed E-state index contributed by atoms with van der Waals surface area (Å²) in [5.41, 5.74) is 1.75. The first-order valence-electron chi connectivity index (χ1n) is 4.73. The molecule has 0 heterocycles. The summed E-state index contributed by atoms with van der Waals surface area (Å²) in [5, 5.41) is 0. The Labute approximate surface area is 69.0 Å². The van der Waals surface area contributed by atoms with Crippen molar-refractivity contribution in [2.45, 2.75) is 32.6 Å². The Bertz CT molecular complexity index is 198.